The molecule has 0 amide bonds. The second-order valence-corrected chi connectivity index (χ2v) is 1.18. The predicted octanol–water partition coefficient (Wildman–Crippen LogP) is 0.380. The summed E-state index contributed by atoms with van der Waals surface area (Å²) in [5, 5.41) is 0. The Kier molecular flexibility index (Phi) is 2.99. The van der Waals surface area contributed by atoms with Crippen LogP contribution in [-0.2, 0) is 14.2 Å². The average molecular weight is 137 g/mol. The molecular formula is C4H2LiO5. The molecule has 1 radical (unpaired) electrons. The maximum atomic E-state index is 10.1. The van der Waals surface area contributed by atoms with E-state index in [0.29, 0.717) is 0 Å². The van der Waals surface area contributed by atoms with Gasteiger partial charge >= 0.3 is 12.3 Å². The Morgan fingerprint density at radius 2 is 1.40 bits per heavy atom. The number of cyclic esters (lactones) is 4. The molecule has 1 saturated heterocycles. The first kappa shape index (κ1) is 9.08. The molecule has 1 rings (SSSR count). The summed E-state index contributed by atoms with van der Waals surface area (Å²) in [5.41, 5.74) is 0. The largest absolute Gasteiger partial charge is 0.526 e. The Hall–Kier alpha value is -0.923. The summed E-state index contributed by atoms with van der Waals surface area (Å²) in [5.74, 6) is -0.365. The molecule has 0 atom stereocenters. The van der Waals surface area contributed by atoms with Crippen LogP contribution in [0.1, 0.15) is 0 Å². The topological polar surface area (TPSA) is 61.8 Å². The van der Waals surface area contributed by atoms with Gasteiger partial charge in [0.05, 0.1) is 0 Å². The quantitative estimate of drug-likeness (QED) is 0.274. The molecule has 6 heteroatoms. The number of rotatable bonds is 0. The van der Waals surface area contributed by atoms with Crippen molar-refractivity contribution in [1.29, 1.82) is 0 Å². The molecule has 1 fully saturated rings. The fourth-order valence-corrected chi connectivity index (χ4v) is 0.316. The van der Waals surface area contributed by atoms with E-state index in [1.54, 1.807) is 0 Å². The normalized spacial score (nSPS) is 16.2. The van der Waals surface area contributed by atoms with Crippen molar-refractivity contribution in [2.24, 2.45) is 0 Å². The molecule has 1 aliphatic heterocycles. The van der Waals surface area contributed by atoms with Crippen LogP contribution in [-0.4, -0.2) is 31.2 Å². The van der Waals surface area contributed by atoms with E-state index < -0.39 is 12.3 Å². The van der Waals surface area contributed by atoms with E-state index in [-0.39, 0.29) is 24.8 Å². The fourth-order valence-electron chi connectivity index (χ4n) is 0.316. The molecule has 0 aromatic carbocycles. The summed E-state index contributed by atoms with van der Waals surface area (Å²) < 4.78 is 11.9. The van der Waals surface area contributed by atoms with Gasteiger partial charge in [-0.2, -0.15) is 0 Å². The summed E-state index contributed by atoms with van der Waals surface area (Å²) in [6.07, 6.45) is -2.23. The van der Waals surface area contributed by atoms with Crippen molar-refractivity contribution in [2.75, 3.05) is 0 Å². The third kappa shape index (κ3) is 2.13. The van der Waals surface area contributed by atoms with Crippen molar-refractivity contribution in [1.82, 2.24) is 0 Å². The maximum absolute atomic E-state index is 10.1. The van der Waals surface area contributed by atoms with Gasteiger partial charge in [0.15, 0.2) is 0 Å². The molecule has 0 saturated carbocycles. The first-order valence-electron chi connectivity index (χ1n) is 1.99. The van der Waals surface area contributed by atoms with E-state index in [9.17, 15) is 9.59 Å². The van der Waals surface area contributed by atoms with Gasteiger partial charge in [0, 0.05) is 18.9 Å². The second kappa shape index (κ2) is 3.30. The van der Waals surface area contributed by atoms with Crippen LogP contribution in [0.4, 0.5) is 9.59 Å². The molecule has 0 bridgehead atoms. The van der Waals surface area contributed by atoms with Gasteiger partial charge in [-0.3, -0.25) is 0 Å². The van der Waals surface area contributed by atoms with Gasteiger partial charge in [-0.25, -0.2) is 9.59 Å². The predicted molar refractivity (Wildman–Crippen MR) is 28.9 cm³/mol. The zero-order valence-corrected chi connectivity index (χ0v) is 5.25. The smallest absolute Gasteiger partial charge is 0.360 e. The Labute approximate surface area is 68.1 Å². The van der Waals surface area contributed by atoms with Crippen molar-refractivity contribution >= 4 is 31.2 Å². The molecule has 0 spiro atoms. The molecular weight excluding hydrogens is 135 g/mol. The van der Waals surface area contributed by atoms with Crippen LogP contribution < -0.4 is 0 Å². The minimum Gasteiger partial charge on any atom is -0.360 e. The zero-order chi connectivity index (χ0) is 6.85. The molecule has 0 aromatic rings. The molecule has 0 aliphatic carbocycles. The summed E-state index contributed by atoms with van der Waals surface area (Å²) in [4.78, 5) is 20.2. The van der Waals surface area contributed by atoms with Gasteiger partial charge in [0.2, 0.25) is 0 Å². The van der Waals surface area contributed by atoms with E-state index in [4.69, 9.17) is 0 Å². The summed E-state index contributed by atoms with van der Waals surface area (Å²) >= 11 is 0. The maximum Gasteiger partial charge on any atom is 0.526 e. The molecule has 0 N–H and O–H groups in total. The van der Waals surface area contributed by atoms with Gasteiger partial charge in [0.25, 0.3) is 5.95 Å². The van der Waals surface area contributed by atoms with Crippen molar-refractivity contribution < 1.29 is 23.8 Å². The van der Waals surface area contributed by atoms with Crippen LogP contribution in [0.3, 0.4) is 0 Å². The van der Waals surface area contributed by atoms with Crippen molar-refractivity contribution in [2.45, 2.75) is 0 Å². The number of hydrogen-bond acceptors (Lipinski definition) is 5. The van der Waals surface area contributed by atoms with Gasteiger partial charge < -0.3 is 14.2 Å². The number of carbonyl (C=O) groups is 2. The zero-order valence-electron chi connectivity index (χ0n) is 5.25. The van der Waals surface area contributed by atoms with Crippen LogP contribution in [0.5, 0.6) is 0 Å². The van der Waals surface area contributed by atoms with Crippen molar-refractivity contribution in [3.05, 3.63) is 12.5 Å². The van der Waals surface area contributed by atoms with Crippen LogP contribution >= 0.6 is 0 Å². The summed E-state index contributed by atoms with van der Waals surface area (Å²) in [6.45, 7) is 3.05. The van der Waals surface area contributed by atoms with E-state index in [1.807, 2.05) is 0 Å². The van der Waals surface area contributed by atoms with Crippen molar-refractivity contribution in [3.63, 3.8) is 0 Å². The SMILES string of the molecule is C=C1OC(=O)OC(=O)O1.[Li]. The molecule has 49 valence electrons. The molecule has 5 nitrogen and oxygen atoms in total. The fraction of sp³-hybridized carbons (Fsp3) is 0. The van der Waals surface area contributed by atoms with Gasteiger partial charge in [-0.1, -0.05) is 0 Å². The van der Waals surface area contributed by atoms with Gasteiger partial charge in [-0.15, -0.1) is 0 Å². The minimum absolute atomic E-state index is 0. The molecule has 1 aliphatic rings. The van der Waals surface area contributed by atoms with E-state index in [0.717, 1.165) is 0 Å². The standard InChI is InChI=1S/C4H2O5.Li/c1-2-7-3(5)9-4(6)8-2;/h1H2;. The van der Waals surface area contributed by atoms with Crippen LogP contribution in [0.15, 0.2) is 12.5 Å². The van der Waals surface area contributed by atoms with E-state index in [1.165, 1.54) is 0 Å². The molecule has 1 heterocycles. The Bertz CT molecular complexity index is 141. The number of ether oxygens (including phenoxy) is 3. The van der Waals surface area contributed by atoms with Crippen LogP contribution in [0, 0.1) is 0 Å². The first-order valence-corrected chi connectivity index (χ1v) is 1.99. The van der Waals surface area contributed by atoms with Gasteiger partial charge in [-0.05, 0) is 6.58 Å². The Balaban J connectivity index is 0.000000810. The van der Waals surface area contributed by atoms with E-state index >= 15 is 0 Å². The average Bonchev–Trinajstić information content (AvgIpc) is 1.59. The van der Waals surface area contributed by atoms with E-state index in [2.05, 4.69) is 20.8 Å². The first-order chi connectivity index (χ1) is 4.18. The third-order valence-electron chi connectivity index (χ3n) is 0.561. The molecule has 0 unspecified atom stereocenters. The third-order valence-corrected chi connectivity index (χ3v) is 0.561. The van der Waals surface area contributed by atoms with Crippen LogP contribution in [0.25, 0.3) is 0 Å². The van der Waals surface area contributed by atoms with Gasteiger partial charge in [0.1, 0.15) is 0 Å². The number of carbonyl (C=O) groups excluding carboxylic acids is 2. The monoisotopic (exact) mass is 137 g/mol. The summed E-state index contributed by atoms with van der Waals surface area (Å²) in [7, 11) is 0. The number of hydrogen-bond donors (Lipinski definition) is 0. The minimum atomic E-state index is -1.11. The summed E-state index contributed by atoms with van der Waals surface area (Å²) in [6, 6.07) is 0. The van der Waals surface area contributed by atoms with Crippen molar-refractivity contribution in [3.8, 4) is 0 Å². The van der Waals surface area contributed by atoms with Crippen LogP contribution in [0.2, 0.25) is 0 Å². The Morgan fingerprint density at radius 3 is 1.70 bits per heavy atom. The molecule has 0 aromatic heterocycles. The second-order valence-electron chi connectivity index (χ2n) is 1.18. The Morgan fingerprint density at radius 1 is 1.00 bits per heavy atom. The molecule has 10 heavy (non-hydrogen) atoms.